The molecule has 0 aliphatic carbocycles. The topological polar surface area (TPSA) is 99.4 Å². The van der Waals surface area contributed by atoms with Crippen molar-refractivity contribution >= 4 is 55.5 Å². The molecule has 1 unspecified atom stereocenters. The second-order valence-electron chi connectivity index (χ2n) is 5.09. The van der Waals surface area contributed by atoms with E-state index in [1.54, 1.807) is 19.1 Å². The standard InChI is InChI=1S/C16H14Br2N2O4S/c1-2-24-14(22)7-25-16-10(6-19)9(5-13(21)20-16)8-3-11(17)15(23)12(18)4-8/h3-4,9,23H,2,5,7H2,1H3,(H,20,21). The summed E-state index contributed by atoms with van der Waals surface area (Å²) in [5, 5.41) is 22.4. The fourth-order valence-corrected chi connectivity index (χ4v) is 4.43. The van der Waals surface area contributed by atoms with Gasteiger partial charge in [-0.15, -0.1) is 0 Å². The van der Waals surface area contributed by atoms with Gasteiger partial charge in [-0.1, -0.05) is 11.8 Å². The molecule has 0 saturated heterocycles. The Labute approximate surface area is 165 Å². The Hall–Kier alpha value is -1.50. The quantitative estimate of drug-likeness (QED) is 0.613. The van der Waals surface area contributed by atoms with Gasteiger partial charge in [0.15, 0.2) is 0 Å². The SMILES string of the molecule is CCOC(=O)CSC1=C(C#N)C(c2cc(Br)c(O)c(Br)c2)CC(=O)N1. The van der Waals surface area contributed by atoms with Crippen LogP contribution in [0.25, 0.3) is 0 Å². The number of rotatable bonds is 5. The summed E-state index contributed by atoms with van der Waals surface area (Å²) in [7, 11) is 0. The van der Waals surface area contributed by atoms with E-state index in [4.69, 9.17) is 4.74 Å². The number of amides is 1. The number of hydrogen-bond donors (Lipinski definition) is 2. The number of hydrogen-bond acceptors (Lipinski definition) is 6. The molecule has 1 amide bonds. The van der Waals surface area contributed by atoms with Crippen molar-refractivity contribution in [2.75, 3.05) is 12.4 Å². The molecule has 2 rings (SSSR count). The molecule has 1 atom stereocenters. The number of allylic oxidation sites excluding steroid dienone is 1. The maximum atomic E-state index is 12.1. The Morgan fingerprint density at radius 1 is 1.48 bits per heavy atom. The van der Waals surface area contributed by atoms with Crippen LogP contribution < -0.4 is 5.32 Å². The van der Waals surface area contributed by atoms with E-state index in [-0.39, 0.29) is 30.4 Å². The van der Waals surface area contributed by atoms with Crippen LogP contribution >= 0.6 is 43.6 Å². The van der Waals surface area contributed by atoms with Gasteiger partial charge in [-0.3, -0.25) is 9.59 Å². The van der Waals surface area contributed by atoms with Crippen LogP contribution in [0.5, 0.6) is 5.75 Å². The lowest BCUT2D eigenvalue weighted by atomic mass is 9.87. The number of esters is 1. The van der Waals surface area contributed by atoms with Gasteiger partial charge in [0.05, 0.1) is 38.0 Å². The minimum absolute atomic E-state index is 0.00429. The molecule has 132 valence electrons. The Balaban J connectivity index is 2.37. The van der Waals surface area contributed by atoms with E-state index in [1.807, 2.05) is 0 Å². The van der Waals surface area contributed by atoms with Gasteiger partial charge >= 0.3 is 5.97 Å². The second-order valence-corrected chi connectivity index (χ2v) is 7.78. The first-order valence-corrected chi connectivity index (χ1v) is 9.85. The van der Waals surface area contributed by atoms with Crippen LogP contribution in [0.1, 0.15) is 24.8 Å². The highest BCUT2D eigenvalue weighted by Crippen LogP contribution is 2.41. The summed E-state index contributed by atoms with van der Waals surface area (Å²) < 4.78 is 5.78. The van der Waals surface area contributed by atoms with Crippen molar-refractivity contribution < 1.29 is 19.4 Å². The molecular weight excluding hydrogens is 476 g/mol. The van der Waals surface area contributed by atoms with Crippen molar-refractivity contribution in [2.24, 2.45) is 0 Å². The smallest absolute Gasteiger partial charge is 0.316 e. The van der Waals surface area contributed by atoms with Gasteiger partial charge in [-0.2, -0.15) is 5.26 Å². The lowest BCUT2D eigenvalue weighted by Gasteiger charge is -2.25. The van der Waals surface area contributed by atoms with Crippen molar-refractivity contribution in [3.05, 3.63) is 37.2 Å². The molecule has 0 radical (unpaired) electrons. The first-order chi connectivity index (χ1) is 11.9. The molecule has 6 nitrogen and oxygen atoms in total. The number of phenols is 1. The largest absolute Gasteiger partial charge is 0.506 e. The number of benzene rings is 1. The Morgan fingerprint density at radius 2 is 2.12 bits per heavy atom. The Morgan fingerprint density at radius 3 is 2.68 bits per heavy atom. The predicted octanol–water partition coefficient (Wildman–Crippen LogP) is 3.55. The van der Waals surface area contributed by atoms with E-state index < -0.39 is 11.9 Å². The number of nitrogens with zero attached hydrogens (tertiary/aromatic N) is 1. The maximum absolute atomic E-state index is 12.1. The highest BCUT2D eigenvalue weighted by atomic mass is 79.9. The molecule has 1 aliphatic heterocycles. The summed E-state index contributed by atoms with van der Waals surface area (Å²) in [4.78, 5) is 23.6. The fraction of sp³-hybridized carbons (Fsp3) is 0.312. The molecule has 0 saturated carbocycles. The normalized spacial score (nSPS) is 17.0. The third kappa shape index (κ3) is 4.77. The van der Waals surface area contributed by atoms with E-state index in [1.165, 1.54) is 0 Å². The summed E-state index contributed by atoms with van der Waals surface area (Å²) in [6, 6.07) is 5.48. The number of nitriles is 1. The van der Waals surface area contributed by atoms with Crippen molar-refractivity contribution in [1.82, 2.24) is 5.32 Å². The number of carbonyl (C=O) groups is 2. The fourth-order valence-electron chi connectivity index (χ4n) is 2.34. The zero-order valence-electron chi connectivity index (χ0n) is 13.1. The summed E-state index contributed by atoms with van der Waals surface area (Å²) in [6.45, 7) is 1.98. The van der Waals surface area contributed by atoms with Crippen LogP contribution in [0.15, 0.2) is 31.7 Å². The van der Waals surface area contributed by atoms with Gasteiger partial charge in [-0.05, 0) is 56.5 Å². The lowest BCUT2D eigenvalue weighted by Crippen LogP contribution is -2.31. The Kier molecular flexibility index (Phi) is 6.93. The number of aromatic hydroxyl groups is 1. The van der Waals surface area contributed by atoms with Gasteiger partial charge in [0.25, 0.3) is 0 Å². The van der Waals surface area contributed by atoms with Crippen LogP contribution in [0.2, 0.25) is 0 Å². The molecule has 1 aromatic rings. The third-order valence-corrected chi connectivity index (χ3v) is 5.64. The lowest BCUT2D eigenvalue weighted by molar-refractivity contribution is -0.139. The number of thioether (sulfide) groups is 1. The van der Waals surface area contributed by atoms with E-state index in [9.17, 15) is 20.0 Å². The molecule has 1 heterocycles. The highest BCUT2D eigenvalue weighted by molar-refractivity contribution is 9.11. The average molecular weight is 490 g/mol. The van der Waals surface area contributed by atoms with Gasteiger partial charge in [0.1, 0.15) is 5.75 Å². The molecule has 2 N–H and O–H groups in total. The number of carbonyl (C=O) groups excluding carboxylic acids is 2. The zero-order valence-corrected chi connectivity index (χ0v) is 17.1. The minimum atomic E-state index is -0.461. The average Bonchev–Trinajstić information content (AvgIpc) is 2.57. The number of nitrogens with one attached hydrogen (secondary N) is 1. The van der Waals surface area contributed by atoms with Gasteiger partial charge in [-0.25, -0.2) is 0 Å². The number of phenolic OH excluding ortho intramolecular Hbond substituents is 1. The molecule has 0 spiro atoms. The highest BCUT2D eigenvalue weighted by Gasteiger charge is 2.30. The van der Waals surface area contributed by atoms with Gasteiger partial charge in [0.2, 0.25) is 5.91 Å². The van der Waals surface area contributed by atoms with E-state index in [0.717, 1.165) is 11.8 Å². The summed E-state index contributed by atoms with van der Waals surface area (Å²) >= 11 is 7.58. The predicted molar refractivity (Wildman–Crippen MR) is 101 cm³/mol. The number of ether oxygens (including phenoxy) is 1. The number of halogens is 2. The van der Waals surface area contributed by atoms with Crippen LogP contribution in [0.3, 0.4) is 0 Å². The molecule has 25 heavy (non-hydrogen) atoms. The maximum Gasteiger partial charge on any atom is 0.316 e. The van der Waals surface area contributed by atoms with Crippen molar-refractivity contribution in [3.8, 4) is 11.8 Å². The van der Waals surface area contributed by atoms with Crippen LogP contribution in [-0.2, 0) is 14.3 Å². The van der Waals surface area contributed by atoms with Crippen molar-refractivity contribution in [1.29, 1.82) is 5.26 Å². The second kappa shape index (κ2) is 8.74. The summed E-state index contributed by atoms with van der Waals surface area (Å²) in [5.41, 5.74) is 1.08. The first kappa shape index (κ1) is 19.8. The van der Waals surface area contributed by atoms with E-state index in [0.29, 0.717) is 25.1 Å². The van der Waals surface area contributed by atoms with Crippen LogP contribution in [0, 0.1) is 11.3 Å². The molecule has 0 fully saturated rings. The molecule has 9 heteroatoms. The van der Waals surface area contributed by atoms with E-state index >= 15 is 0 Å². The van der Waals surface area contributed by atoms with Crippen molar-refractivity contribution in [3.63, 3.8) is 0 Å². The molecular formula is C16H14Br2N2O4S. The molecule has 0 aromatic heterocycles. The minimum Gasteiger partial charge on any atom is -0.506 e. The monoisotopic (exact) mass is 488 g/mol. The van der Waals surface area contributed by atoms with E-state index in [2.05, 4.69) is 43.2 Å². The van der Waals surface area contributed by atoms with Gasteiger partial charge < -0.3 is 15.2 Å². The first-order valence-electron chi connectivity index (χ1n) is 7.27. The van der Waals surface area contributed by atoms with Crippen LogP contribution in [0.4, 0.5) is 0 Å². The third-order valence-electron chi connectivity index (χ3n) is 3.44. The molecule has 1 aromatic carbocycles. The van der Waals surface area contributed by atoms with Crippen molar-refractivity contribution in [2.45, 2.75) is 19.3 Å². The zero-order chi connectivity index (χ0) is 18.6. The molecule has 0 bridgehead atoms. The summed E-state index contributed by atoms with van der Waals surface area (Å²) in [6.07, 6.45) is 0.107. The molecule has 1 aliphatic rings. The Bertz CT molecular complexity index is 766. The summed E-state index contributed by atoms with van der Waals surface area (Å²) in [5.74, 6) is -1.07. The van der Waals surface area contributed by atoms with Gasteiger partial charge in [0, 0.05) is 12.3 Å². The van der Waals surface area contributed by atoms with Crippen LogP contribution in [-0.4, -0.2) is 29.3 Å².